The van der Waals surface area contributed by atoms with Crippen LogP contribution in [-0.4, -0.2) is 0 Å². The van der Waals surface area contributed by atoms with Gasteiger partial charge in [-0.2, -0.15) is 0 Å². The Hall–Kier alpha value is -6.12. The molecule has 0 bridgehead atoms. The number of furan rings is 2. The third kappa shape index (κ3) is 3.65. The minimum atomic E-state index is -0.755. The maximum absolute atomic E-state index is 9.52. The van der Waals surface area contributed by atoms with Gasteiger partial charge in [-0.3, -0.25) is 0 Å². The molecule has 8 aromatic carbocycles. The zero-order valence-electron chi connectivity index (χ0n) is 38.7. The molecule has 0 aliphatic heterocycles. The number of hydrogen-bond donors (Lipinski definition) is 0. The van der Waals surface area contributed by atoms with Gasteiger partial charge in [-0.15, -0.1) is 0 Å². The van der Waals surface area contributed by atoms with E-state index in [0.717, 1.165) is 5.56 Å². The molecule has 0 fully saturated rings. The summed E-state index contributed by atoms with van der Waals surface area (Å²) in [7, 11) is 0. The highest BCUT2D eigenvalue weighted by atomic mass is 16.4. The standard InChI is InChI=1S/C44H26O2/c1-2-13-28(14-3-1)39-26-31-25-37(42-36-20-10-11-21-38(36)45-44(42)43(31)46-39)41-34-18-8-6-16-32(34)40(33-17-7-9-19-35(33)41)30-23-22-27-12-4-5-15-29(27)24-30/h1-26H/i4D,5D,6D,7D,8D,9D,12D,15D,16D,17D,18D,19D,22D,23D,24D. The molecule has 0 saturated carbocycles. The van der Waals surface area contributed by atoms with Crippen LogP contribution in [0, 0.1) is 0 Å². The van der Waals surface area contributed by atoms with E-state index in [4.69, 9.17) is 21.2 Å². The molecule has 46 heavy (non-hydrogen) atoms. The van der Waals surface area contributed by atoms with E-state index < -0.39 is 113 Å². The molecule has 0 spiro atoms. The zero-order chi connectivity index (χ0) is 43.2. The lowest BCUT2D eigenvalue weighted by atomic mass is 9.84. The second-order valence-electron chi connectivity index (χ2n) is 10.9. The van der Waals surface area contributed by atoms with E-state index in [0.29, 0.717) is 33.1 Å². The molecule has 10 rings (SSSR count). The van der Waals surface area contributed by atoms with Gasteiger partial charge >= 0.3 is 0 Å². The number of hydrogen-bond acceptors (Lipinski definition) is 2. The van der Waals surface area contributed by atoms with E-state index in [1.165, 1.54) is 0 Å². The van der Waals surface area contributed by atoms with Gasteiger partial charge < -0.3 is 8.83 Å². The molecule has 10 aromatic rings. The fourth-order valence-corrected chi connectivity index (χ4v) is 6.38. The van der Waals surface area contributed by atoms with Crippen LogP contribution in [0.2, 0.25) is 0 Å². The molecule has 0 atom stereocenters. The van der Waals surface area contributed by atoms with Gasteiger partial charge in [-0.1, -0.05) is 133 Å². The summed E-state index contributed by atoms with van der Waals surface area (Å²) in [6.07, 6.45) is 0. The van der Waals surface area contributed by atoms with Gasteiger partial charge in [0.1, 0.15) is 11.3 Å². The van der Waals surface area contributed by atoms with E-state index in [2.05, 4.69) is 0 Å². The van der Waals surface area contributed by atoms with Gasteiger partial charge in [0, 0.05) is 21.7 Å². The molecule has 0 amide bonds. The number of para-hydroxylation sites is 1. The lowest BCUT2D eigenvalue weighted by Crippen LogP contribution is -1.91. The first-order valence-electron chi connectivity index (χ1n) is 22.0. The van der Waals surface area contributed by atoms with Crippen LogP contribution in [0.5, 0.6) is 0 Å². The SMILES string of the molecule is [2H]c1c([2H])c([2H])c2c([2H])c(-c3c4c([2H])c([2H])c([2H])c([2H])c4c(-c4cc5cc(-c6ccccc6)oc5c5oc6ccccc6c45)c4c([2H])c([2H])c([2H])c([2H])c34)c([2H])c([2H])c2c1[2H]. The molecule has 214 valence electrons. The van der Waals surface area contributed by atoms with Crippen molar-refractivity contribution in [2.45, 2.75) is 0 Å². The molecule has 2 nitrogen and oxygen atoms in total. The molecule has 2 heteroatoms. The molecule has 0 N–H and O–H groups in total. The average molecular weight is 602 g/mol. The fraction of sp³-hybridized carbons (Fsp3) is 0. The molecule has 0 radical (unpaired) electrons. The van der Waals surface area contributed by atoms with Crippen molar-refractivity contribution in [3.63, 3.8) is 0 Å². The van der Waals surface area contributed by atoms with Crippen molar-refractivity contribution in [2.24, 2.45) is 0 Å². The van der Waals surface area contributed by atoms with Crippen molar-refractivity contribution < 1.29 is 29.4 Å². The van der Waals surface area contributed by atoms with Crippen LogP contribution in [0.3, 0.4) is 0 Å². The van der Waals surface area contributed by atoms with Crippen molar-refractivity contribution in [3.8, 4) is 33.6 Å². The van der Waals surface area contributed by atoms with E-state index in [1.54, 1.807) is 36.4 Å². The lowest BCUT2D eigenvalue weighted by Gasteiger charge is -2.18. The highest BCUT2D eigenvalue weighted by Gasteiger charge is 2.23. The maximum atomic E-state index is 9.52. The zero-order valence-corrected chi connectivity index (χ0v) is 23.7. The Morgan fingerprint density at radius 1 is 0.457 bits per heavy atom. The normalized spacial score (nSPS) is 16.5. The first kappa shape index (κ1) is 14.8. The van der Waals surface area contributed by atoms with Gasteiger partial charge in [0.15, 0.2) is 11.2 Å². The van der Waals surface area contributed by atoms with Crippen molar-refractivity contribution in [2.75, 3.05) is 0 Å². The van der Waals surface area contributed by atoms with Crippen molar-refractivity contribution in [1.29, 1.82) is 0 Å². The van der Waals surface area contributed by atoms with Crippen LogP contribution in [0.15, 0.2) is 166 Å². The van der Waals surface area contributed by atoms with Crippen molar-refractivity contribution >= 4 is 65.2 Å². The van der Waals surface area contributed by atoms with E-state index >= 15 is 0 Å². The predicted octanol–water partition coefficient (Wildman–Crippen LogP) is 12.8. The number of fused-ring (bicyclic) bond motifs is 8. The topological polar surface area (TPSA) is 26.3 Å². The molecular formula is C44H26O2. The summed E-state index contributed by atoms with van der Waals surface area (Å²) in [6.45, 7) is 0. The number of benzene rings is 8. The van der Waals surface area contributed by atoms with Crippen LogP contribution in [0.4, 0.5) is 0 Å². The summed E-state index contributed by atoms with van der Waals surface area (Å²) in [4.78, 5) is 0. The van der Waals surface area contributed by atoms with Crippen LogP contribution in [0.1, 0.15) is 20.6 Å². The van der Waals surface area contributed by atoms with Crippen LogP contribution >= 0.6 is 0 Å². The Balaban J connectivity index is 1.52. The minimum absolute atomic E-state index is 0.0273. The minimum Gasteiger partial charge on any atom is -0.452 e. The Morgan fingerprint density at radius 2 is 1.11 bits per heavy atom. The summed E-state index contributed by atoms with van der Waals surface area (Å²) >= 11 is 0. The Morgan fingerprint density at radius 3 is 1.87 bits per heavy atom. The molecule has 2 aromatic heterocycles. The summed E-state index contributed by atoms with van der Waals surface area (Å²) in [5.41, 5.74) is 1.11. The molecule has 0 aliphatic rings. The van der Waals surface area contributed by atoms with E-state index in [9.17, 15) is 8.22 Å². The van der Waals surface area contributed by atoms with Crippen molar-refractivity contribution in [3.05, 3.63) is 157 Å². The van der Waals surface area contributed by atoms with Gasteiger partial charge in [0.25, 0.3) is 0 Å². The molecular weight excluding hydrogens is 560 g/mol. The Labute approximate surface area is 285 Å². The van der Waals surface area contributed by atoms with E-state index in [1.807, 2.05) is 30.3 Å². The van der Waals surface area contributed by atoms with Gasteiger partial charge in [-0.25, -0.2) is 0 Å². The maximum Gasteiger partial charge on any atom is 0.179 e. The van der Waals surface area contributed by atoms with Gasteiger partial charge in [0.2, 0.25) is 0 Å². The smallest absolute Gasteiger partial charge is 0.179 e. The van der Waals surface area contributed by atoms with Gasteiger partial charge in [-0.05, 0) is 78.8 Å². The molecule has 2 heterocycles. The molecule has 0 saturated heterocycles. The third-order valence-corrected chi connectivity index (χ3v) is 8.33. The van der Waals surface area contributed by atoms with Crippen LogP contribution in [-0.2, 0) is 0 Å². The summed E-state index contributed by atoms with van der Waals surface area (Å²) < 4.78 is 148. The largest absolute Gasteiger partial charge is 0.452 e. The quantitative estimate of drug-likeness (QED) is 0.188. The summed E-state index contributed by atoms with van der Waals surface area (Å²) in [5.74, 6) is 0.481. The fourth-order valence-electron chi connectivity index (χ4n) is 6.38. The highest BCUT2D eigenvalue weighted by molar-refractivity contribution is 6.28. The Bertz CT molecular complexity index is 3570. The first-order valence-corrected chi connectivity index (χ1v) is 14.5. The summed E-state index contributed by atoms with van der Waals surface area (Å²) in [5, 5.41) is -0.522. The third-order valence-electron chi connectivity index (χ3n) is 8.33. The molecule has 0 unspecified atom stereocenters. The van der Waals surface area contributed by atoms with Crippen LogP contribution in [0.25, 0.3) is 98.8 Å². The lowest BCUT2D eigenvalue weighted by molar-refractivity contribution is 0.611. The molecule has 0 aliphatic carbocycles. The first-order chi connectivity index (χ1) is 29.1. The van der Waals surface area contributed by atoms with Gasteiger partial charge in [0.05, 0.1) is 20.6 Å². The highest BCUT2D eigenvalue weighted by Crippen LogP contribution is 2.49. The Kier molecular flexibility index (Phi) is 3.11. The monoisotopic (exact) mass is 601 g/mol. The predicted molar refractivity (Wildman–Crippen MR) is 192 cm³/mol. The average Bonchev–Trinajstić information content (AvgIpc) is 3.88. The summed E-state index contributed by atoms with van der Waals surface area (Å²) in [6, 6.07) is 9.54. The number of rotatable bonds is 3. The van der Waals surface area contributed by atoms with Crippen LogP contribution < -0.4 is 0 Å². The second kappa shape index (κ2) is 9.69. The van der Waals surface area contributed by atoms with E-state index in [-0.39, 0.29) is 38.3 Å². The van der Waals surface area contributed by atoms with Crippen molar-refractivity contribution in [1.82, 2.24) is 0 Å². The second-order valence-corrected chi connectivity index (χ2v) is 10.9.